The van der Waals surface area contributed by atoms with E-state index >= 15 is 0 Å². The molecule has 2 aromatic carbocycles. The lowest BCUT2D eigenvalue weighted by Gasteiger charge is -2.45. The van der Waals surface area contributed by atoms with E-state index in [2.05, 4.69) is 27.8 Å². The monoisotopic (exact) mass is 529 g/mol. The molecule has 1 fully saturated rings. The third-order valence-corrected chi connectivity index (χ3v) is 7.94. The third kappa shape index (κ3) is 5.34. The largest absolute Gasteiger partial charge is 0.342 e. The number of piperazine rings is 1. The van der Waals surface area contributed by atoms with Crippen LogP contribution < -0.4 is 5.32 Å². The molecule has 1 saturated heterocycles. The Labute approximate surface area is 230 Å². The van der Waals surface area contributed by atoms with Crippen molar-refractivity contribution in [2.24, 2.45) is 24.3 Å². The molecule has 1 N–H and O–H groups in total. The lowest BCUT2D eigenvalue weighted by atomic mass is 9.83. The van der Waals surface area contributed by atoms with Gasteiger partial charge in [0, 0.05) is 13.5 Å². The average Bonchev–Trinajstić information content (AvgIpc) is 3.45. The summed E-state index contributed by atoms with van der Waals surface area (Å²) in [6.07, 6.45) is 2.20. The number of Topliss-reactive ketones (excluding diaryl/α,β-unsaturated/α-hetero) is 1. The molecule has 0 saturated carbocycles. The Hall–Kier alpha value is -3.55. The van der Waals surface area contributed by atoms with Crippen LogP contribution in [-0.4, -0.2) is 49.6 Å². The van der Waals surface area contributed by atoms with Crippen molar-refractivity contribution in [2.75, 3.05) is 0 Å². The van der Waals surface area contributed by atoms with Gasteiger partial charge in [-0.05, 0) is 65.3 Å². The molecule has 1 aliphatic carbocycles. The van der Waals surface area contributed by atoms with Gasteiger partial charge < -0.3 is 10.2 Å². The summed E-state index contributed by atoms with van der Waals surface area (Å²) in [7, 11) is 1.82. The number of fused-ring (bicyclic) bond motifs is 2. The predicted molar refractivity (Wildman–Crippen MR) is 150 cm³/mol. The van der Waals surface area contributed by atoms with Crippen LogP contribution >= 0.6 is 0 Å². The van der Waals surface area contributed by atoms with E-state index in [0.29, 0.717) is 17.5 Å². The summed E-state index contributed by atoms with van der Waals surface area (Å²) in [6, 6.07) is 11.5. The van der Waals surface area contributed by atoms with Gasteiger partial charge in [-0.3, -0.25) is 14.4 Å². The van der Waals surface area contributed by atoms with E-state index < -0.39 is 18.1 Å². The zero-order chi connectivity index (χ0) is 28.1. The molecule has 2 aliphatic rings. The van der Waals surface area contributed by atoms with Crippen molar-refractivity contribution < 1.29 is 14.4 Å². The number of nitrogens with one attached hydrogen (secondary N) is 1. The number of aromatic nitrogens is 3. The summed E-state index contributed by atoms with van der Waals surface area (Å²) in [5, 5.41) is 11.5. The molecular weight excluding hydrogens is 490 g/mol. The molecule has 39 heavy (non-hydrogen) atoms. The van der Waals surface area contributed by atoms with Crippen LogP contribution in [0.4, 0.5) is 0 Å². The standard InChI is InChI=1S/C31H39N5O3/c1-18(2)13-25-29(38)32-27(22-14-19-9-7-8-10-20(19)15-22)30(39)36(25)28(26(37)17-31(3,4)5)21-11-12-24-23(16-21)33-34-35(24)6/h7-12,16,18,22,25,27-28H,13-15,17H2,1-6H3,(H,32,38)/t25-,27-,28-/m1/s1. The fourth-order valence-electron chi connectivity index (χ4n) is 6.22. The average molecular weight is 530 g/mol. The van der Waals surface area contributed by atoms with Crippen LogP contribution in [0, 0.1) is 17.3 Å². The second-order valence-corrected chi connectivity index (χ2v) is 12.9. The second-order valence-electron chi connectivity index (χ2n) is 12.9. The van der Waals surface area contributed by atoms with Crippen molar-refractivity contribution >= 4 is 28.6 Å². The highest BCUT2D eigenvalue weighted by atomic mass is 16.2. The van der Waals surface area contributed by atoms with Crippen molar-refractivity contribution in [3.63, 3.8) is 0 Å². The molecule has 2 amide bonds. The minimum atomic E-state index is -0.885. The molecule has 3 aromatic rings. The lowest BCUT2D eigenvalue weighted by molar-refractivity contribution is -0.157. The van der Waals surface area contributed by atoms with Crippen LogP contribution in [0.5, 0.6) is 0 Å². The van der Waals surface area contributed by atoms with Crippen LogP contribution in [0.2, 0.25) is 0 Å². The minimum absolute atomic E-state index is 0.0535. The van der Waals surface area contributed by atoms with Crippen molar-refractivity contribution in [1.29, 1.82) is 0 Å². The van der Waals surface area contributed by atoms with E-state index in [1.807, 2.05) is 72.0 Å². The van der Waals surface area contributed by atoms with E-state index in [9.17, 15) is 14.4 Å². The van der Waals surface area contributed by atoms with Gasteiger partial charge >= 0.3 is 0 Å². The van der Waals surface area contributed by atoms with Crippen molar-refractivity contribution in [1.82, 2.24) is 25.2 Å². The van der Waals surface area contributed by atoms with Gasteiger partial charge in [0.1, 0.15) is 23.6 Å². The highest BCUT2D eigenvalue weighted by molar-refractivity contribution is 6.01. The number of rotatable bonds is 7. The highest BCUT2D eigenvalue weighted by Crippen LogP contribution is 2.37. The number of nitrogens with zero attached hydrogens (tertiary/aromatic N) is 4. The Morgan fingerprint density at radius 3 is 2.36 bits per heavy atom. The molecule has 0 bridgehead atoms. The van der Waals surface area contributed by atoms with Gasteiger partial charge in [0.2, 0.25) is 11.8 Å². The Kier molecular flexibility index (Phi) is 7.08. The molecule has 3 atom stereocenters. The van der Waals surface area contributed by atoms with Gasteiger partial charge in [-0.15, -0.1) is 5.10 Å². The second kappa shape index (κ2) is 10.2. The molecule has 0 unspecified atom stereocenters. The molecule has 1 aliphatic heterocycles. The molecule has 206 valence electrons. The summed E-state index contributed by atoms with van der Waals surface area (Å²) < 4.78 is 1.68. The summed E-state index contributed by atoms with van der Waals surface area (Å²) in [5.74, 6) is -0.328. The quantitative estimate of drug-likeness (QED) is 0.496. The molecule has 8 heteroatoms. The van der Waals surface area contributed by atoms with Crippen molar-refractivity contribution in [3.8, 4) is 0 Å². The van der Waals surface area contributed by atoms with Crippen LogP contribution in [0.25, 0.3) is 11.0 Å². The Morgan fingerprint density at radius 1 is 1.08 bits per heavy atom. The van der Waals surface area contributed by atoms with Crippen LogP contribution in [0.1, 0.15) is 70.2 Å². The first-order chi connectivity index (χ1) is 18.4. The number of amides is 2. The normalized spacial score (nSPS) is 20.9. The first-order valence-electron chi connectivity index (χ1n) is 13.9. The van der Waals surface area contributed by atoms with Gasteiger partial charge in [-0.25, -0.2) is 4.68 Å². The number of carbonyl (C=O) groups is 3. The van der Waals surface area contributed by atoms with Gasteiger partial charge in [0.05, 0.1) is 5.52 Å². The Bertz CT molecular complexity index is 1390. The maximum atomic E-state index is 14.5. The Balaban J connectivity index is 1.59. The van der Waals surface area contributed by atoms with E-state index in [1.54, 1.807) is 9.58 Å². The summed E-state index contributed by atoms with van der Waals surface area (Å²) >= 11 is 0. The van der Waals surface area contributed by atoms with Crippen molar-refractivity contribution in [3.05, 3.63) is 59.2 Å². The molecular formula is C31H39N5O3. The summed E-state index contributed by atoms with van der Waals surface area (Å²) in [6.45, 7) is 10.1. The SMILES string of the molecule is CC(C)C[C@@H]1C(=O)N[C@H](C2Cc3ccccc3C2)C(=O)N1[C@@H](C(=O)CC(C)(C)C)c1ccc2c(c1)nnn2C. The topological polar surface area (TPSA) is 97.2 Å². The van der Waals surface area contributed by atoms with E-state index in [4.69, 9.17) is 0 Å². The zero-order valence-corrected chi connectivity index (χ0v) is 23.8. The molecule has 1 aromatic heterocycles. The molecule has 8 nitrogen and oxygen atoms in total. The molecule has 5 rings (SSSR count). The summed E-state index contributed by atoms with van der Waals surface area (Å²) in [4.78, 5) is 44.0. The lowest BCUT2D eigenvalue weighted by Crippen LogP contribution is -2.66. The number of ketones is 1. The number of carbonyl (C=O) groups excluding carboxylic acids is 3. The predicted octanol–water partition coefficient (Wildman–Crippen LogP) is 4.17. The fourth-order valence-corrected chi connectivity index (χ4v) is 6.22. The first-order valence-corrected chi connectivity index (χ1v) is 13.9. The van der Waals surface area contributed by atoms with Crippen LogP contribution in [-0.2, 0) is 34.3 Å². The number of hydrogen-bond acceptors (Lipinski definition) is 5. The molecule has 0 spiro atoms. The number of aryl methyl sites for hydroxylation is 1. The van der Waals surface area contributed by atoms with Gasteiger partial charge in [-0.2, -0.15) is 0 Å². The number of benzene rings is 2. The van der Waals surface area contributed by atoms with E-state index in [1.165, 1.54) is 11.1 Å². The maximum absolute atomic E-state index is 14.5. The van der Waals surface area contributed by atoms with Gasteiger partial charge in [0.25, 0.3) is 0 Å². The van der Waals surface area contributed by atoms with E-state index in [-0.39, 0.29) is 41.3 Å². The zero-order valence-electron chi connectivity index (χ0n) is 23.8. The molecule has 2 heterocycles. The van der Waals surface area contributed by atoms with Gasteiger partial charge in [0.15, 0.2) is 5.78 Å². The Morgan fingerprint density at radius 2 is 1.74 bits per heavy atom. The van der Waals surface area contributed by atoms with Gasteiger partial charge in [-0.1, -0.05) is 70.2 Å². The van der Waals surface area contributed by atoms with Crippen LogP contribution in [0.15, 0.2) is 42.5 Å². The van der Waals surface area contributed by atoms with Crippen LogP contribution in [0.3, 0.4) is 0 Å². The minimum Gasteiger partial charge on any atom is -0.342 e. The summed E-state index contributed by atoms with van der Waals surface area (Å²) in [5.41, 5.74) is 4.31. The first kappa shape index (κ1) is 27.0. The smallest absolute Gasteiger partial charge is 0.247 e. The molecule has 0 radical (unpaired) electrons. The maximum Gasteiger partial charge on any atom is 0.247 e. The van der Waals surface area contributed by atoms with E-state index in [0.717, 1.165) is 18.4 Å². The fraction of sp³-hybridized carbons (Fsp3) is 0.516. The third-order valence-electron chi connectivity index (χ3n) is 7.94. The van der Waals surface area contributed by atoms with Crippen molar-refractivity contribution in [2.45, 2.75) is 78.4 Å². The highest BCUT2D eigenvalue weighted by Gasteiger charge is 2.49. The number of hydrogen-bond donors (Lipinski definition) is 1.